The molecule has 13 heavy (non-hydrogen) atoms. The second kappa shape index (κ2) is 3.48. The molecule has 0 unspecified atom stereocenters. The van der Waals surface area contributed by atoms with Crippen molar-refractivity contribution in [1.29, 1.82) is 0 Å². The van der Waals surface area contributed by atoms with Crippen molar-refractivity contribution in [3.05, 3.63) is 48.2 Å². The Kier molecular flexibility index (Phi) is 2.17. The van der Waals surface area contributed by atoms with Gasteiger partial charge in [0.05, 0.1) is 6.26 Å². The lowest BCUT2D eigenvalue weighted by Crippen LogP contribution is -1.75. The molecule has 1 aromatic carbocycles. The van der Waals surface area contributed by atoms with Gasteiger partial charge in [-0.2, -0.15) is 0 Å². The Bertz CT molecular complexity index is 423. The monoisotopic (exact) mass is 172 g/mol. The fourth-order valence-electron chi connectivity index (χ4n) is 1.44. The van der Waals surface area contributed by atoms with Crippen molar-refractivity contribution in [2.24, 2.45) is 0 Å². The summed E-state index contributed by atoms with van der Waals surface area (Å²) in [6.07, 6.45) is 6.98. The van der Waals surface area contributed by atoms with Crippen LogP contribution in [0.2, 0.25) is 0 Å². The number of hydrogen-bond donors (Lipinski definition) is 0. The third kappa shape index (κ3) is 1.50. The fraction of sp³-hybridized carbons (Fsp3) is 0.167. The van der Waals surface area contributed by atoms with Gasteiger partial charge in [-0.1, -0.05) is 30.4 Å². The number of allylic oxidation sites excluding steroid dienone is 2. The maximum atomic E-state index is 5.41. The molecule has 1 aromatic heterocycles. The van der Waals surface area contributed by atoms with Crippen molar-refractivity contribution in [2.75, 3.05) is 0 Å². The van der Waals surface area contributed by atoms with Crippen LogP contribution in [-0.4, -0.2) is 0 Å². The summed E-state index contributed by atoms with van der Waals surface area (Å²) in [5, 5.41) is 1.22. The molecule has 1 nitrogen and oxygen atoms in total. The van der Waals surface area contributed by atoms with Gasteiger partial charge >= 0.3 is 0 Å². The number of rotatable bonds is 2. The first-order valence-electron chi connectivity index (χ1n) is 4.48. The quantitative estimate of drug-likeness (QED) is 0.631. The average molecular weight is 172 g/mol. The van der Waals surface area contributed by atoms with E-state index in [1.807, 2.05) is 31.4 Å². The highest BCUT2D eigenvalue weighted by atomic mass is 16.3. The summed E-state index contributed by atoms with van der Waals surface area (Å²) >= 11 is 0. The van der Waals surface area contributed by atoms with Gasteiger partial charge in [0.15, 0.2) is 0 Å². The summed E-state index contributed by atoms with van der Waals surface area (Å²) in [7, 11) is 0. The fourth-order valence-corrected chi connectivity index (χ4v) is 1.44. The van der Waals surface area contributed by atoms with E-state index in [1.54, 1.807) is 0 Å². The maximum Gasteiger partial charge on any atom is 0.134 e. The minimum absolute atomic E-state index is 0.952. The molecule has 0 atom stereocenters. The second-order valence-electron chi connectivity index (χ2n) is 3.03. The van der Waals surface area contributed by atoms with Crippen LogP contribution in [-0.2, 0) is 6.42 Å². The normalized spacial score (nSPS) is 11.5. The van der Waals surface area contributed by atoms with Crippen LogP contribution in [0.4, 0.5) is 0 Å². The highest BCUT2D eigenvalue weighted by molar-refractivity contribution is 5.80. The van der Waals surface area contributed by atoms with Crippen LogP contribution in [0.25, 0.3) is 11.0 Å². The van der Waals surface area contributed by atoms with Crippen molar-refractivity contribution in [3.8, 4) is 0 Å². The van der Waals surface area contributed by atoms with Gasteiger partial charge in [0.1, 0.15) is 5.58 Å². The van der Waals surface area contributed by atoms with Crippen molar-refractivity contribution in [1.82, 2.24) is 0 Å². The largest absolute Gasteiger partial charge is 0.464 e. The number of fused-ring (bicyclic) bond motifs is 1. The van der Waals surface area contributed by atoms with E-state index in [0.29, 0.717) is 0 Å². The van der Waals surface area contributed by atoms with E-state index < -0.39 is 0 Å². The highest BCUT2D eigenvalue weighted by Crippen LogP contribution is 2.20. The zero-order valence-electron chi connectivity index (χ0n) is 7.66. The lowest BCUT2D eigenvalue weighted by atomic mass is 10.1. The molecule has 0 spiro atoms. The summed E-state index contributed by atoms with van der Waals surface area (Å²) in [6, 6.07) is 8.12. The summed E-state index contributed by atoms with van der Waals surface area (Å²) in [4.78, 5) is 0. The minimum Gasteiger partial charge on any atom is -0.464 e. The van der Waals surface area contributed by atoms with E-state index in [9.17, 15) is 0 Å². The van der Waals surface area contributed by atoms with Gasteiger partial charge in [-0.25, -0.2) is 0 Å². The van der Waals surface area contributed by atoms with Crippen LogP contribution in [0.1, 0.15) is 12.5 Å². The van der Waals surface area contributed by atoms with Gasteiger partial charge in [0.25, 0.3) is 0 Å². The lowest BCUT2D eigenvalue weighted by molar-refractivity contribution is 0.612. The Hall–Kier alpha value is -1.50. The first-order valence-corrected chi connectivity index (χ1v) is 4.48. The third-order valence-corrected chi connectivity index (χ3v) is 2.13. The molecule has 0 aliphatic carbocycles. The van der Waals surface area contributed by atoms with Crippen LogP contribution < -0.4 is 0 Å². The zero-order valence-corrected chi connectivity index (χ0v) is 7.66. The standard InChI is InChI=1S/C12H12O/c1-2-3-6-10-9-13-12-8-5-4-7-11(10)12/h2-5,7-9H,6H2,1H3. The van der Waals surface area contributed by atoms with Gasteiger partial charge in [-0.15, -0.1) is 0 Å². The second-order valence-corrected chi connectivity index (χ2v) is 3.03. The van der Waals surface area contributed by atoms with Crippen LogP contribution in [0.5, 0.6) is 0 Å². The number of hydrogen-bond acceptors (Lipinski definition) is 1. The van der Waals surface area contributed by atoms with E-state index in [1.165, 1.54) is 10.9 Å². The van der Waals surface area contributed by atoms with Gasteiger partial charge in [-0.05, 0) is 19.4 Å². The van der Waals surface area contributed by atoms with Crippen LogP contribution in [0, 0.1) is 0 Å². The summed E-state index contributed by atoms with van der Waals surface area (Å²) in [6.45, 7) is 2.03. The van der Waals surface area contributed by atoms with Gasteiger partial charge in [0.2, 0.25) is 0 Å². The smallest absolute Gasteiger partial charge is 0.134 e. The van der Waals surface area contributed by atoms with E-state index in [4.69, 9.17) is 4.42 Å². The summed E-state index contributed by atoms with van der Waals surface area (Å²) in [5.41, 5.74) is 2.23. The highest BCUT2D eigenvalue weighted by Gasteiger charge is 2.01. The predicted molar refractivity (Wildman–Crippen MR) is 54.7 cm³/mol. The molecule has 0 radical (unpaired) electrons. The zero-order chi connectivity index (χ0) is 9.10. The average Bonchev–Trinajstić information content (AvgIpc) is 2.58. The van der Waals surface area contributed by atoms with Crippen molar-refractivity contribution in [3.63, 3.8) is 0 Å². The molecule has 0 N–H and O–H groups in total. The molecular weight excluding hydrogens is 160 g/mol. The molecule has 2 rings (SSSR count). The molecule has 0 saturated heterocycles. The SMILES string of the molecule is CC=CCc1coc2ccccc12. The lowest BCUT2D eigenvalue weighted by Gasteiger charge is -1.90. The van der Waals surface area contributed by atoms with Gasteiger partial charge in [-0.3, -0.25) is 0 Å². The van der Waals surface area contributed by atoms with Crippen molar-refractivity contribution >= 4 is 11.0 Å². The Morgan fingerprint density at radius 1 is 1.31 bits per heavy atom. The van der Waals surface area contributed by atoms with Gasteiger partial charge < -0.3 is 4.42 Å². The van der Waals surface area contributed by atoms with Crippen molar-refractivity contribution < 1.29 is 4.42 Å². The number of benzene rings is 1. The summed E-state index contributed by atoms with van der Waals surface area (Å²) < 4.78 is 5.41. The van der Waals surface area contributed by atoms with E-state index in [2.05, 4.69) is 18.2 Å². The molecule has 0 saturated carbocycles. The topological polar surface area (TPSA) is 13.1 Å². The third-order valence-electron chi connectivity index (χ3n) is 2.13. The number of para-hydroxylation sites is 1. The first kappa shape index (κ1) is 8.11. The summed E-state index contributed by atoms with van der Waals surface area (Å²) in [5.74, 6) is 0. The molecule has 0 amide bonds. The van der Waals surface area contributed by atoms with Crippen molar-refractivity contribution in [2.45, 2.75) is 13.3 Å². The molecule has 0 fully saturated rings. The molecule has 0 bridgehead atoms. The molecule has 1 heterocycles. The molecule has 0 aliphatic rings. The van der Waals surface area contributed by atoms with E-state index in [0.717, 1.165) is 12.0 Å². The molecular formula is C12H12O. The van der Waals surface area contributed by atoms with Crippen LogP contribution >= 0.6 is 0 Å². The maximum absolute atomic E-state index is 5.41. The van der Waals surface area contributed by atoms with Crippen LogP contribution in [0.15, 0.2) is 47.1 Å². The Labute approximate surface area is 77.7 Å². The Morgan fingerprint density at radius 3 is 3.00 bits per heavy atom. The predicted octanol–water partition coefficient (Wildman–Crippen LogP) is 3.55. The van der Waals surface area contributed by atoms with E-state index >= 15 is 0 Å². The molecule has 1 heteroatoms. The molecule has 66 valence electrons. The van der Waals surface area contributed by atoms with E-state index in [-0.39, 0.29) is 0 Å². The Morgan fingerprint density at radius 2 is 2.15 bits per heavy atom. The van der Waals surface area contributed by atoms with Crippen LogP contribution in [0.3, 0.4) is 0 Å². The molecule has 2 aromatic rings. The minimum atomic E-state index is 0.952. The van der Waals surface area contributed by atoms with Gasteiger partial charge in [0, 0.05) is 10.9 Å². The Balaban J connectivity index is 2.45. The molecule has 0 aliphatic heterocycles. The first-order chi connectivity index (χ1) is 6.42. The number of furan rings is 1.